The normalized spacial score (nSPS) is 16.9. The second-order valence-corrected chi connectivity index (χ2v) is 7.62. The van der Waals surface area contributed by atoms with Gasteiger partial charge in [0.25, 0.3) is 5.56 Å². The van der Waals surface area contributed by atoms with Gasteiger partial charge in [0, 0.05) is 19.9 Å². The van der Waals surface area contributed by atoms with Crippen molar-refractivity contribution in [3.63, 3.8) is 0 Å². The molecule has 140 valence electrons. The maximum Gasteiger partial charge on any atom is 0.262 e. The summed E-state index contributed by atoms with van der Waals surface area (Å²) in [6.07, 6.45) is 3.81. The van der Waals surface area contributed by atoms with Gasteiger partial charge in [-0.15, -0.1) is 0 Å². The quantitative estimate of drug-likeness (QED) is 0.372. The van der Waals surface area contributed by atoms with Crippen LogP contribution in [0.1, 0.15) is 23.3 Å². The third-order valence-electron chi connectivity index (χ3n) is 4.80. The van der Waals surface area contributed by atoms with Crippen LogP contribution in [0.4, 0.5) is 0 Å². The number of fused-ring (bicyclic) bond motifs is 1. The van der Waals surface area contributed by atoms with E-state index in [0.717, 1.165) is 19.4 Å². The first-order chi connectivity index (χ1) is 13.1. The lowest BCUT2D eigenvalue weighted by Gasteiger charge is -2.16. The summed E-state index contributed by atoms with van der Waals surface area (Å²) in [5.41, 5.74) is 1.22. The topological polar surface area (TPSA) is 66.1 Å². The van der Waals surface area contributed by atoms with Gasteiger partial charge in [0.15, 0.2) is 10.9 Å². The number of carbonyl (C=O) groups is 1. The molecule has 7 heteroatoms. The molecule has 0 spiro atoms. The highest BCUT2D eigenvalue weighted by Gasteiger charge is 2.21. The second-order valence-electron chi connectivity index (χ2n) is 6.68. The van der Waals surface area contributed by atoms with Gasteiger partial charge in [-0.2, -0.15) is 0 Å². The zero-order chi connectivity index (χ0) is 18.8. The minimum absolute atomic E-state index is 0.0126. The number of rotatable bonds is 6. The van der Waals surface area contributed by atoms with Gasteiger partial charge in [0.2, 0.25) is 0 Å². The highest BCUT2D eigenvalue weighted by Crippen LogP contribution is 2.22. The Bertz CT molecular complexity index is 1030. The number of hydrogen-bond donors (Lipinski definition) is 0. The summed E-state index contributed by atoms with van der Waals surface area (Å²) in [4.78, 5) is 30.2. The molecule has 3 heterocycles. The minimum Gasteiger partial charge on any atom is -0.376 e. The maximum absolute atomic E-state index is 13.0. The first-order valence-electron chi connectivity index (χ1n) is 9.02. The van der Waals surface area contributed by atoms with Gasteiger partial charge in [-0.25, -0.2) is 4.98 Å². The SMILES string of the molecule is Cn1cccc1C(=O)CSc1nc2ccccc2c(=O)n1CC1CCCO1. The number of benzene rings is 1. The average Bonchev–Trinajstić information content (AvgIpc) is 3.34. The lowest BCUT2D eigenvalue weighted by atomic mass is 10.2. The van der Waals surface area contributed by atoms with Crippen molar-refractivity contribution in [2.45, 2.75) is 30.6 Å². The Morgan fingerprint density at radius 2 is 2.15 bits per heavy atom. The molecule has 1 aromatic carbocycles. The van der Waals surface area contributed by atoms with Gasteiger partial charge >= 0.3 is 0 Å². The smallest absolute Gasteiger partial charge is 0.262 e. The van der Waals surface area contributed by atoms with Gasteiger partial charge in [-0.05, 0) is 37.1 Å². The van der Waals surface area contributed by atoms with Gasteiger partial charge in [-0.3, -0.25) is 14.2 Å². The number of aryl methyl sites for hydroxylation is 1. The zero-order valence-electron chi connectivity index (χ0n) is 15.1. The number of aromatic nitrogens is 3. The van der Waals surface area contributed by atoms with Gasteiger partial charge in [0.1, 0.15) is 0 Å². The predicted molar refractivity (Wildman–Crippen MR) is 105 cm³/mol. The Morgan fingerprint density at radius 3 is 2.89 bits per heavy atom. The molecule has 3 aromatic rings. The van der Waals surface area contributed by atoms with E-state index in [9.17, 15) is 9.59 Å². The highest BCUT2D eigenvalue weighted by molar-refractivity contribution is 7.99. The Hall–Kier alpha value is -2.38. The fourth-order valence-corrected chi connectivity index (χ4v) is 4.25. The highest BCUT2D eigenvalue weighted by atomic mass is 32.2. The number of carbonyl (C=O) groups excluding carboxylic acids is 1. The number of hydrogen-bond acceptors (Lipinski definition) is 5. The number of ketones is 1. The molecule has 27 heavy (non-hydrogen) atoms. The van der Waals surface area contributed by atoms with Crippen molar-refractivity contribution in [1.29, 1.82) is 0 Å². The second kappa shape index (κ2) is 7.70. The van der Waals surface area contributed by atoms with Crippen LogP contribution in [0, 0.1) is 0 Å². The molecule has 1 aliphatic rings. The molecule has 0 amide bonds. The van der Waals surface area contributed by atoms with E-state index in [0.29, 0.717) is 28.3 Å². The third kappa shape index (κ3) is 3.70. The molecule has 1 fully saturated rings. The van der Waals surface area contributed by atoms with Crippen molar-refractivity contribution in [3.05, 3.63) is 58.6 Å². The molecule has 0 bridgehead atoms. The van der Waals surface area contributed by atoms with E-state index in [1.807, 2.05) is 37.5 Å². The van der Waals surface area contributed by atoms with E-state index in [2.05, 4.69) is 4.98 Å². The van der Waals surface area contributed by atoms with Gasteiger partial charge in [-0.1, -0.05) is 23.9 Å². The molecular formula is C20H21N3O3S. The van der Waals surface area contributed by atoms with Crippen LogP contribution < -0.4 is 5.56 Å². The van der Waals surface area contributed by atoms with Crippen molar-refractivity contribution in [2.24, 2.45) is 7.05 Å². The fourth-order valence-electron chi connectivity index (χ4n) is 3.37. The molecule has 6 nitrogen and oxygen atoms in total. The number of Topliss-reactive ketones (excluding diaryl/α,β-unsaturated/α-hetero) is 1. The Kier molecular flexibility index (Phi) is 5.13. The van der Waals surface area contributed by atoms with Crippen LogP contribution in [0.3, 0.4) is 0 Å². The molecular weight excluding hydrogens is 362 g/mol. The van der Waals surface area contributed by atoms with E-state index in [4.69, 9.17) is 4.74 Å². The maximum atomic E-state index is 13.0. The first kappa shape index (κ1) is 18.0. The molecule has 4 rings (SSSR count). The van der Waals surface area contributed by atoms with Crippen LogP contribution >= 0.6 is 11.8 Å². The zero-order valence-corrected chi connectivity index (χ0v) is 15.9. The van der Waals surface area contributed by atoms with Gasteiger partial charge in [0.05, 0.1) is 35.0 Å². The Balaban J connectivity index is 1.66. The lowest BCUT2D eigenvalue weighted by Crippen LogP contribution is -2.29. The number of thioether (sulfide) groups is 1. The lowest BCUT2D eigenvalue weighted by molar-refractivity contribution is 0.0937. The van der Waals surface area contributed by atoms with E-state index < -0.39 is 0 Å². The molecule has 0 N–H and O–H groups in total. The van der Waals surface area contributed by atoms with Crippen molar-refractivity contribution in [3.8, 4) is 0 Å². The predicted octanol–water partition coefficient (Wildman–Crippen LogP) is 2.89. The summed E-state index contributed by atoms with van der Waals surface area (Å²) >= 11 is 1.31. The van der Waals surface area contributed by atoms with Crippen LogP contribution in [0.25, 0.3) is 10.9 Å². The van der Waals surface area contributed by atoms with E-state index >= 15 is 0 Å². The van der Waals surface area contributed by atoms with E-state index in [1.165, 1.54) is 11.8 Å². The van der Waals surface area contributed by atoms with Crippen LogP contribution in [0.2, 0.25) is 0 Å². The number of ether oxygens (including phenoxy) is 1. The van der Waals surface area contributed by atoms with Gasteiger partial charge < -0.3 is 9.30 Å². The largest absolute Gasteiger partial charge is 0.376 e. The molecule has 1 unspecified atom stereocenters. The molecule has 2 aromatic heterocycles. The van der Waals surface area contributed by atoms with Crippen molar-refractivity contribution >= 4 is 28.4 Å². The number of nitrogens with zero attached hydrogens (tertiary/aromatic N) is 3. The summed E-state index contributed by atoms with van der Waals surface area (Å²) in [7, 11) is 1.85. The van der Waals surface area contributed by atoms with Crippen molar-refractivity contribution in [1.82, 2.24) is 14.1 Å². The Labute approximate surface area is 161 Å². The molecule has 0 radical (unpaired) electrons. The molecule has 0 aliphatic carbocycles. The summed E-state index contributed by atoms with van der Waals surface area (Å²) in [6, 6.07) is 11.0. The van der Waals surface area contributed by atoms with Crippen LogP contribution in [-0.2, 0) is 18.3 Å². The summed E-state index contributed by atoms with van der Waals surface area (Å²) in [5.74, 6) is 0.243. The third-order valence-corrected chi connectivity index (χ3v) is 5.78. The van der Waals surface area contributed by atoms with Crippen LogP contribution in [-0.4, -0.2) is 38.4 Å². The van der Waals surface area contributed by atoms with Crippen molar-refractivity contribution in [2.75, 3.05) is 12.4 Å². The summed E-state index contributed by atoms with van der Waals surface area (Å²) in [5, 5.41) is 1.16. The standard InChI is InChI=1S/C20H21N3O3S/c1-22-10-4-9-17(22)18(24)13-27-20-21-16-8-3-2-7-15(16)19(25)23(20)12-14-6-5-11-26-14/h2-4,7-10,14H,5-6,11-13H2,1H3. The minimum atomic E-state index is -0.0788. The number of para-hydroxylation sites is 1. The molecule has 0 saturated carbocycles. The monoisotopic (exact) mass is 383 g/mol. The first-order valence-corrected chi connectivity index (χ1v) is 10.0. The summed E-state index contributed by atoms with van der Waals surface area (Å²) < 4.78 is 9.18. The molecule has 1 saturated heterocycles. The Morgan fingerprint density at radius 1 is 1.30 bits per heavy atom. The van der Waals surface area contributed by atoms with Crippen LogP contribution in [0.15, 0.2) is 52.5 Å². The molecule has 1 aliphatic heterocycles. The van der Waals surface area contributed by atoms with Crippen molar-refractivity contribution < 1.29 is 9.53 Å². The van der Waals surface area contributed by atoms with Crippen LogP contribution in [0.5, 0.6) is 0 Å². The van der Waals surface area contributed by atoms with E-state index in [-0.39, 0.29) is 23.2 Å². The average molecular weight is 383 g/mol. The molecule has 1 atom stereocenters. The van der Waals surface area contributed by atoms with E-state index in [1.54, 1.807) is 21.3 Å². The fraction of sp³-hybridized carbons (Fsp3) is 0.350. The summed E-state index contributed by atoms with van der Waals surface area (Å²) in [6.45, 7) is 1.20.